The zero-order valence-corrected chi connectivity index (χ0v) is 15.7. The number of aryl methyl sites for hydroxylation is 1. The molecular formula is C19H20OS3. The van der Waals surface area contributed by atoms with Crippen molar-refractivity contribution in [2.75, 3.05) is 5.75 Å². The van der Waals surface area contributed by atoms with Gasteiger partial charge in [-0.2, -0.15) is 0 Å². The summed E-state index contributed by atoms with van der Waals surface area (Å²) in [7, 11) is -0.105. The largest absolute Gasteiger partial charge is 0.385 e. The van der Waals surface area contributed by atoms with Crippen molar-refractivity contribution >= 4 is 44.4 Å². The number of allylic oxidation sites excluding steroid dienone is 2. The highest BCUT2D eigenvalue weighted by Gasteiger charge is 2.29. The van der Waals surface area contributed by atoms with E-state index in [1.54, 1.807) is 23.1 Å². The smallest absolute Gasteiger partial charge is 0.0976 e. The fraction of sp³-hybridized carbons (Fsp3) is 0.211. The van der Waals surface area contributed by atoms with E-state index in [0.29, 0.717) is 5.75 Å². The van der Waals surface area contributed by atoms with Crippen LogP contribution in [0.2, 0.25) is 0 Å². The van der Waals surface area contributed by atoms with Crippen LogP contribution >= 0.6 is 33.6 Å². The topological polar surface area (TPSA) is 20.2 Å². The molecule has 1 aromatic carbocycles. The summed E-state index contributed by atoms with van der Waals surface area (Å²) in [6.45, 7) is 3.99. The molecule has 0 amide bonds. The van der Waals surface area contributed by atoms with Gasteiger partial charge in [0.25, 0.3) is 0 Å². The Bertz CT molecular complexity index is 779. The van der Waals surface area contributed by atoms with Gasteiger partial charge in [0.1, 0.15) is 0 Å². The van der Waals surface area contributed by atoms with Crippen molar-refractivity contribution in [1.29, 1.82) is 0 Å². The van der Waals surface area contributed by atoms with E-state index in [4.69, 9.17) is 0 Å². The molecule has 2 aromatic rings. The van der Waals surface area contributed by atoms with E-state index in [1.165, 1.54) is 20.2 Å². The lowest BCUT2D eigenvalue weighted by molar-refractivity contribution is 0.0842. The van der Waals surface area contributed by atoms with Crippen molar-refractivity contribution in [3.63, 3.8) is 0 Å². The van der Waals surface area contributed by atoms with Crippen LogP contribution in [0.1, 0.15) is 22.9 Å². The average molecular weight is 361 g/mol. The summed E-state index contributed by atoms with van der Waals surface area (Å²) in [6.07, 6.45) is 4.18. The van der Waals surface area contributed by atoms with Gasteiger partial charge in [-0.15, -0.1) is 33.6 Å². The molecule has 1 aliphatic heterocycles. The molecule has 1 aromatic heterocycles. The van der Waals surface area contributed by atoms with Crippen LogP contribution in [0.4, 0.5) is 0 Å². The molecule has 4 heteroatoms. The van der Waals surface area contributed by atoms with Crippen molar-refractivity contribution in [1.82, 2.24) is 0 Å². The summed E-state index contributed by atoms with van der Waals surface area (Å²) in [4.78, 5) is 3.59. The van der Waals surface area contributed by atoms with E-state index in [2.05, 4.69) is 60.0 Å². The summed E-state index contributed by atoms with van der Waals surface area (Å²) < 4.78 is 0. The maximum atomic E-state index is 11.0. The molecule has 0 spiro atoms. The van der Waals surface area contributed by atoms with Gasteiger partial charge in [-0.3, -0.25) is 0 Å². The first-order valence-electron chi connectivity index (χ1n) is 7.39. The van der Waals surface area contributed by atoms with E-state index in [0.717, 1.165) is 5.56 Å². The van der Waals surface area contributed by atoms with Crippen molar-refractivity contribution in [2.24, 2.45) is 0 Å². The Morgan fingerprint density at radius 1 is 1.26 bits per heavy atom. The first kappa shape index (κ1) is 16.8. The molecule has 2 unspecified atom stereocenters. The van der Waals surface area contributed by atoms with Crippen molar-refractivity contribution < 1.29 is 5.11 Å². The third-order valence-corrected chi connectivity index (χ3v) is 7.56. The van der Waals surface area contributed by atoms with Crippen molar-refractivity contribution in [3.8, 4) is 0 Å². The van der Waals surface area contributed by atoms with Gasteiger partial charge in [0.2, 0.25) is 0 Å². The molecule has 0 fully saturated rings. The molecular weight excluding hydrogens is 340 g/mol. The lowest BCUT2D eigenvalue weighted by Crippen LogP contribution is -2.24. The minimum Gasteiger partial charge on any atom is -0.385 e. The summed E-state index contributed by atoms with van der Waals surface area (Å²) >= 11 is 3.38. The zero-order valence-electron chi connectivity index (χ0n) is 13.3. The van der Waals surface area contributed by atoms with Crippen LogP contribution in [0, 0.1) is 6.92 Å². The number of hydrogen-bond donors (Lipinski definition) is 1. The molecule has 1 N–H and O–H groups in total. The van der Waals surface area contributed by atoms with Crippen LogP contribution < -0.4 is 0 Å². The SMILES string of the molecule is C=S1C=CC=C1c1sccc1C(C)(O)CSc1ccc(C)cc1. The zero-order chi connectivity index (χ0) is 16.4. The monoisotopic (exact) mass is 360 g/mol. The quantitative estimate of drug-likeness (QED) is 0.551. The summed E-state index contributed by atoms with van der Waals surface area (Å²) in [6, 6.07) is 10.5. The molecule has 2 atom stereocenters. The van der Waals surface area contributed by atoms with Gasteiger partial charge in [0.15, 0.2) is 0 Å². The second kappa shape index (κ2) is 6.81. The van der Waals surface area contributed by atoms with Crippen LogP contribution in [0.15, 0.2) is 58.2 Å². The normalized spacial score (nSPS) is 19.6. The van der Waals surface area contributed by atoms with Gasteiger partial charge in [-0.1, -0.05) is 29.6 Å². The van der Waals surface area contributed by atoms with E-state index >= 15 is 0 Å². The van der Waals surface area contributed by atoms with E-state index in [1.807, 2.05) is 13.0 Å². The molecule has 23 heavy (non-hydrogen) atoms. The Labute approximate surface area is 148 Å². The summed E-state index contributed by atoms with van der Waals surface area (Å²) in [5.41, 5.74) is 1.40. The molecule has 0 bridgehead atoms. The third kappa shape index (κ3) is 3.72. The Morgan fingerprint density at radius 3 is 2.65 bits per heavy atom. The highest BCUT2D eigenvalue weighted by molar-refractivity contribution is 8.24. The molecule has 3 rings (SSSR count). The second-order valence-electron chi connectivity index (χ2n) is 5.83. The number of benzene rings is 1. The first-order chi connectivity index (χ1) is 11.0. The van der Waals surface area contributed by atoms with Crippen LogP contribution in [-0.2, 0) is 5.60 Å². The minimum absolute atomic E-state index is 0.105. The number of thiophene rings is 1. The molecule has 0 aliphatic carbocycles. The molecule has 1 aliphatic rings. The van der Waals surface area contributed by atoms with Gasteiger partial charge >= 0.3 is 0 Å². The second-order valence-corrected chi connectivity index (χ2v) is 9.36. The van der Waals surface area contributed by atoms with Gasteiger partial charge in [0.05, 0.1) is 5.60 Å². The van der Waals surface area contributed by atoms with Crippen LogP contribution in [0.25, 0.3) is 4.91 Å². The number of rotatable bonds is 5. The lowest BCUT2D eigenvalue weighted by atomic mass is 9.99. The summed E-state index contributed by atoms with van der Waals surface area (Å²) in [5.74, 6) is 4.82. The predicted molar refractivity (Wildman–Crippen MR) is 108 cm³/mol. The van der Waals surface area contributed by atoms with Gasteiger partial charge in [-0.05, 0) is 48.9 Å². The third-order valence-electron chi connectivity index (χ3n) is 3.78. The van der Waals surface area contributed by atoms with Gasteiger partial charge in [0, 0.05) is 26.0 Å². The molecule has 2 heterocycles. The number of thioether (sulfide) groups is 1. The summed E-state index contributed by atoms with van der Waals surface area (Å²) in [5, 5.41) is 15.2. The molecule has 0 radical (unpaired) electrons. The van der Waals surface area contributed by atoms with Crippen LogP contribution in [0.5, 0.6) is 0 Å². The predicted octanol–water partition coefficient (Wildman–Crippen LogP) is 5.63. The molecule has 1 nitrogen and oxygen atoms in total. The van der Waals surface area contributed by atoms with E-state index in [9.17, 15) is 5.11 Å². The standard InChI is InChI=1S/C19H20OS3/c1-14-6-8-15(9-7-14)22-13-19(2,20)16-10-11-21-18(16)17-5-4-12-23(17)3/h4-12,20H,3,13H2,1-2H3. The van der Waals surface area contributed by atoms with E-state index < -0.39 is 5.60 Å². The Kier molecular flexibility index (Phi) is 4.97. The molecule has 0 saturated heterocycles. The molecule has 0 saturated carbocycles. The maximum absolute atomic E-state index is 11.0. The fourth-order valence-electron chi connectivity index (χ4n) is 2.44. The van der Waals surface area contributed by atoms with Crippen LogP contribution in [0.3, 0.4) is 0 Å². The Hall–Kier alpha value is -1.07. The van der Waals surface area contributed by atoms with Gasteiger partial charge < -0.3 is 5.11 Å². The highest BCUT2D eigenvalue weighted by atomic mass is 32.2. The fourth-order valence-corrected chi connectivity index (χ4v) is 5.79. The minimum atomic E-state index is -0.863. The highest BCUT2D eigenvalue weighted by Crippen LogP contribution is 2.45. The first-order valence-corrected chi connectivity index (χ1v) is 10.7. The Balaban J connectivity index is 1.79. The van der Waals surface area contributed by atoms with E-state index in [-0.39, 0.29) is 10.5 Å². The lowest BCUT2D eigenvalue weighted by Gasteiger charge is -2.24. The average Bonchev–Trinajstić information content (AvgIpc) is 3.15. The Morgan fingerprint density at radius 2 is 2.00 bits per heavy atom. The maximum Gasteiger partial charge on any atom is 0.0976 e. The van der Waals surface area contributed by atoms with Crippen molar-refractivity contribution in [3.05, 3.63) is 69.3 Å². The van der Waals surface area contributed by atoms with Crippen LogP contribution in [-0.4, -0.2) is 16.7 Å². The van der Waals surface area contributed by atoms with Gasteiger partial charge in [-0.25, -0.2) is 0 Å². The number of aliphatic hydroxyl groups is 1. The molecule has 120 valence electrons. The number of hydrogen-bond acceptors (Lipinski definition) is 3. The van der Waals surface area contributed by atoms with Crippen molar-refractivity contribution in [2.45, 2.75) is 24.3 Å².